The van der Waals surface area contributed by atoms with Gasteiger partial charge in [0.15, 0.2) is 5.84 Å². The van der Waals surface area contributed by atoms with Crippen molar-refractivity contribution in [2.24, 2.45) is 10.8 Å². The van der Waals surface area contributed by atoms with E-state index >= 15 is 0 Å². The topological polar surface area (TPSA) is 161 Å². The molecule has 0 bridgehead atoms. The fourth-order valence-electron chi connectivity index (χ4n) is 1.25. The minimum absolute atomic E-state index is 0.0549. The van der Waals surface area contributed by atoms with Crippen molar-refractivity contribution in [3.05, 3.63) is 27.8 Å². The number of nitrogens with zero attached hydrogens (tertiary/aromatic N) is 3. The zero-order valence-corrected chi connectivity index (χ0v) is 9.84. The maximum Gasteiger partial charge on any atom is 0.313 e. The quantitative estimate of drug-likeness (QED) is 0.206. The fraction of sp³-hybridized carbons (Fsp3) is 0.100. The highest BCUT2D eigenvalue weighted by Gasteiger charge is 2.18. The van der Waals surface area contributed by atoms with Crippen LogP contribution in [0.4, 0.5) is 11.4 Å². The minimum atomic E-state index is -0.743. The first-order chi connectivity index (χ1) is 8.86. The van der Waals surface area contributed by atoms with Crippen LogP contribution in [0.3, 0.4) is 0 Å². The van der Waals surface area contributed by atoms with Crippen molar-refractivity contribution >= 4 is 22.9 Å². The summed E-state index contributed by atoms with van der Waals surface area (Å²) in [5.74, 6) is -1.17. The van der Waals surface area contributed by atoms with Gasteiger partial charge in [-0.2, -0.15) is 10.4 Å². The molecular weight excluding hydrogens is 252 g/mol. The highest BCUT2D eigenvalue weighted by atomic mass is 16.6. The molecule has 0 fully saturated rings. The second-order valence-electron chi connectivity index (χ2n) is 3.54. The van der Waals surface area contributed by atoms with Crippen LogP contribution in [0.25, 0.3) is 0 Å². The number of hydrogen-bond acceptors (Lipinski definition) is 7. The molecule has 0 amide bonds. The molecule has 0 unspecified atom stereocenters. The van der Waals surface area contributed by atoms with Crippen LogP contribution in [0.5, 0.6) is 5.75 Å². The number of nitrogens with one attached hydrogen (secondary N) is 2. The average Bonchev–Trinajstić information content (AvgIpc) is 2.32. The molecule has 0 aliphatic rings. The predicted molar refractivity (Wildman–Crippen MR) is 68.1 cm³/mol. The van der Waals surface area contributed by atoms with Gasteiger partial charge in [-0.3, -0.25) is 20.9 Å². The molecule has 1 rings (SSSR count). The zero-order valence-electron chi connectivity index (χ0n) is 9.84. The number of phenols is 1. The first-order valence-electron chi connectivity index (χ1n) is 4.93. The van der Waals surface area contributed by atoms with Crippen LogP contribution in [-0.2, 0) is 0 Å². The molecule has 9 nitrogen and oxygen atoms in total. The second kappa shape index (κ2) is 5.46. The summed E-state index contributed by atoms with van der Waals surface area (Å²) >= 11 is 0. The fourth-order valence-corrected chi connectivity index (χ4v) is 1.25. The van der Waals surface area contributed by atoms with E-state index < -0.39 is 27.9 Å². The molecule has 0 radical (unpaired) electrons. The summed E-state index contributed by atoms with van der Waals surface area (Å²) in [6.45, 7) is 1.59. The Bertz CT molecular complexity index is 616. The molecule has 0 aliphatic heterocycles. The number of anilines is 1. The molecule has 0 spiro atoms. The number of hydrazone groups is 1. The Balaban J connectivity index is 3.20. The molecule has 0 aliphatic carbocycles. The number of nitro benzene ring substituents is 1. The maximum absolute atomic E-state index is 10.7. The van der Waals surface area contributed by atoms with E-state index in [0.29, 0.717) is 5.56 Å². The lowest BCUT2D eigenvalue weighted by molar-refractivity contribution is -0.385. The van der Waals surface area contributed by atoms with Gasteiger partial charge in [-0.25, -0.2) is 0 Å². The third-order valence-corrected chi connectivity index (χ3v) is 2.08. The number of nitrogens with two attached hydrogens (primary N) is 1. The Morgan fingerprint density at radius 1 is 1.68 bits per heavy atom. The maximum atomic E-state index is 10.7. The predicted octanol–water partition coefficient (Wildman–Crippen LogP) is 0.836. The summed E-state index contributed by atoms with van der Waals surface area (Å²) in [5.41, 5.74) is 6.92. The Morgan fingerprint density at radius 2 is 2.32 bits per heavy atom. The lowest BCUT2D eigenvalue weighted by Gasteiger charge is -2.06. The second-order valence-corrected chi connectivity index (χ2v) is 3.54. The van der Waals surface area contributed by atoms with Gasteiger partial charge < -0.3 is 10.8 Å². The van der Waals surface area contributed by atoms with Crippen molar-refractivity contribution < 1.29 is 10.0 Å². The number of phenolic OH excluding ortho intramolecular Hbond substituents is 1. The van der Waals surface area contributed by atoms with Crippen LogP contribution in [0.15, 0.2) is 17.2 Å². The summed E-state index contributed by atoms with van der Waals surface area (Å²) in [6.07, 6.45) is 0. The molecule has 1 aromatic rings. The Labute approximate surface area is 107 Å². The SMILES string of the molecule is Cc1cc(N/N=C(\C#N)C(=N)N)c(O)c([N+](=O)[O-])c1. The van der Waals surface area contributed by atoms with Crippen LogP contribution in [0.2, 0.25) is 0 Å². The number of nitriles is 1. The van der Waals surface area contributed by atoms with E-state index in [0.717, 1.165) is 0 Å². The lowest BCUT2D eigenvalue weighted by atomic mass is 10.2. The number of aryl methyl sites for hydroxylation is 1. The van der Waals surface area contributed by atoms with Crippen LogP contribution in [0.1, 0.15) is 5.56 Å². The minimum Gasteiger partial charge on any atom is -0.501 e. The molecular formula is C10H10N6O3. The molecule has 5 N–H and O–H groups in total. The summed E-state index contributed by atoms with van der Waals surface area (Å²) in [6, 6.07) is 4.16. The van der Waals surface area contributed by atoms with Gasteiger partial charge in [0, 0.05) is 6.07 Å². The van der Waals surface area contributed by atoms with Crippen molar-refractivity contribution in [1.82, 2.24) is 0 Å². The zero-order chi connectivity index (χ0) is 14.6. The van der Waals surface area contributed by atoms with Gasteiger partial charge >= 0.3 is 5.69 Å². The van der Waals surface area contributed by atoms with Crippen molar-refractivity contribution in [2.75, 3.05) is 5.43 Å². The van der Waals surface area contributed by atoms with Crippen molar-refractivity contribution in [2.45, 2.75) is 6.92 Å². The van der Waals surface area contributed by atoms with Gasteiger partial charge in [0.1, 0.15) is 11.8 Å². The lowest BCUT2D eigenvalue weighted by Crippen LogP contribution is -2.21. The Morgan fingerprint density at radius 3 is 2.79 bits per heavy atom. The van der Waals surface area contributed by atoms with Crippen molar-refractivity contribution in [3.8, 4) is 11.8 Å². The summed E-state index contributed by atoms with van der Waals surface area (Å²) in [5, 5.41) is 39.5. The van der Waals surface area contributed by atoms with E-state index in [9.17, 15) is 15.2 Å². The first kappa shape index (κ1) is 13.9. The van der Waals surface area contributed by atoms with E-state index in [4.69, 9.17) is 16.4 Å². The Kier molecular flexibility index (Phi) is 4.00. The number of rotatable bonds is 4. The third kappa shape index (κ3) is 3.16. The molecule has 98 valence electrons. The molecule has 0 atom stereocenters. The van der Waals surface area contributed by atoms with Gasteiger partial charge in [-0.15, -0.1) is 0 Å². The standard InChI is InChI=1S/C10H10N6O3/c1-5-2-6(9(17)8(3-5)16(18)19)14-15-7(4-11)10(12)13/h2-3,14,17H,1H3,(H3,12,13)/b15-7+. The van der Waals surface area contributed by atoms with E-state index in [1.165, 1.54) is 12.1 Å². The van der Waals surface area contributed by atoms with Crippen LogP contribution < -0.4 is 11.2 Å². The number of hydrogen-bond donors (Lipinski definition) is 4. The number of aromatic hydroxyl groups is 1. The van der Waals surface area contributed by atoms with Gasteiger partial charge in [-0.1, -0.05) is 0 Å². The smallest absolute Gasteiger partial charge is 0.313 e. The molecule has 1 aromatic carbocycles. The van der Waals surface area contributed by atoms with Crippen molar-refractivity contribution in [3.63, 3.8) is 0 Å². The van der Waals surface area contributed by atoms with Gasteiger partial charge in [-0.05, 0) is 18.6 Å². The van der Waals surface area contributed by atoms with Crippen LogP contribution in [0, 0.1) is 33.8 Å². The van der Waals surface area contributed by atoms with E-state index in [2.05, 4.69) is 10.5 Å². The summed E-state index contributed by atoms with van der Waals surface area (Å²) in [4.78, 5) is 9.96. The Hall–Kier alpha value is -3.15. The molecule has 0 heterocycles. The highest BCUT2D eigenvalue weighted by molar-refractivity contribution is 6.45. The van der Waals surface area contributed by atoms with Gasteiger partial charge in [0.25, 0.3) is 0 Å². The van der Waals surface area contributed by atoms with Gasteiger partial charge in [0.05, 0.1) is 4.92 Å². The molecule has 0 aromatic heterocycles. The molecule has 0 saturated carbocycles. The van der Waals surface area contributed by atoms with E-state index in [1.54, 1.807) is 13.0 Å². The van der Waals surface area contributed by atoms with Crippen molar-refractivity contribution in [1.29, 1.82) is 10.7 Å². The molecule has 19 heavy (non-hydrogen) atoms. The molecule has 9 heteroatoms. The van der Waals surface area contributed by atoms with Gasteiger partial charge in [0.2, 0.25) is 11.5 Å². The molecule has 0 saturated heterocycles. The van der Waals surface area contributed by atoms with E-state index in [1.807, 2.05) is 0 Å². The highest BCUT2D eigenvalue weighted by Crippen LogP contribution is 2.34. The number of nitro groups is 1. The number of amidine groups is 1. The van der Waals surface area contributed by atoms with Crippen LogP contribution >= 0.6 is 0 Å². The third-order valence-electron chi connectivity index (χ3n) is 2.08. The summed E-state index contributed by atoms with van der Waals surface area (Å²) < 4.78 is 0. The summed E-state index contributed by atoms with van der Waals surface area (Å²) in [7, 11) is 0. The van der Waals surface area contributed by atoms with Crippen LogP contribution in [-0.4, -0.2) is 21.6 Å². The average molecular weight is 262 g/mol. The first-order valence-corrected chi connectivity index (χ1v) is 4.93. The monoisotopic (exact) mass is 262 g/mol. The van der Waals surface area contributed by atoms with E-state index in [-0.39, 0.29) is 5.69 Å². The largest absolute Gasteiger partial charge is 0.501 e. The normalized spacial score (nSPS) is 10.6. The number of benzene rings is 1.